The Morgan fingerprint density at radius 3 is 2.70 bits per heavy atom. The Hall–Kier alpha value is -1.59. The van der Waals surface area contributed by atoms with Gasteiger partial charge in [0, 0.05) is 12.0 Å². The van der Waals surface area contributed by atoms with Gasteiger partial charge >= 0.3 is 5.97 Å². The van der Waals surface area contributed by atoms with Crippen LogP contribution >= 0.6 is 0 Å². The zero-order valence-corrected chi connectivity index (χ0v) is 12.0. The number of aliphatic hydroxyl groups is 2. The standard InChI is InChI=1S/C15H20O5/c1-15(2,18)12(16)8-10-11(19-3)6-4-9-5-7-13(17)20-14(9)10/h4,6,12,16,18H,5,7-8H2,1-3H3/t12-/m0/s1. The Kier molecular flexibility index (Phi) is 4.01. The van der Waals surface area contributed by atoms with Gasteiger partial charge in [-0.1, -0.05) is 6.07 Å². The van der Waals surface area contributed by atoms with Crippen molar-refractivity contribution in [3.8, 4) is 11.5 Å². The summed E-state index contributed by atoms with van der Waals surface area (Å²) in [6, 6.07) is 3.66. The maximum Gasteiger partial charge on any atom is 0.311 e. The molecule has 0 fully saturated rings. The topological polar surface area (TPSA) is 76.0 Å². The number of rotatable bonds is 4. The number of carbonyl (C=O) groups is 1. The zero-order chi connectivity index (χ0) is 14.9. The van der Waals surface area contributed by atoms with Gasteiger partial charge in [-0.2, -0.15) is 0 Å². The van der Waals surface area contributed by atoms with E-state index in [9.17, 15) is 15.0 Å². The first kappa shape index (κ1) is 14.8. The lowest BCUT2D eigenvalue weighted by Gasteiger charge is -2.27. The zero-order valence-electron chi connectivity index (χ0n) is 12.0. The van der Waals surface area contributed by atoms with E-state index in [0.717, 1.165) is 5.56 Å². The van der Waals surface area contributed by atoms with E-state index in [1.807, 2.05) is 6.07 Å². The number of methoxy groups -OCH3 is 1. The Labute approximate surface area is 118 Å². The summed E-state index contributed by atoms with van der Waals surface area (Å²) in [5.74, 6) is 0.718. The highest BCUT2D eigenvalue weighted by Crippen LogP contribution is 2.37. The molecule has 0 spiro atoms. The second-order valence-corrected chi connectivity index (χ2v) is 5.58. The molecule has 0 aliphatic carbocycles. The van der Waals surface area contributed by atoms with Gasteiger partial charge in [-0.05, 0) is 31.9 Å². The van der Waals surface area contributed by atoms with E-state index >= 15 is 0 Å². The molecule has 5 nitrogen and oxygen atoms in total. The molecule has 2 rings (SSSR count). The van der Waals surface area contributed by atoms with Crippen molar-refractivity contribution in [3.63, 3.8) is 0 Å². The SMILES string of the molecule is COc1ccc2c(c1C[C@H](O)C(C)(C)O)OC(=O)CC2. The smallest absolute Gasteiger partial charge is 0.311 e. The average Bonchev–Trinajstić information content (AvgIpc) is 2.38. The average molecular weight is 280 g/mol. The van der Waals surface area contributed by atoms with Crippen molar-refractivity contribution in [2.75, 3.05) is 7.11 Å². The van der Waals surface area contributed by atoms with Crippen LogP contribution in [0.25, 0.3) is 0 Å². The molecule has 0 bridgehead atoms. The highest BCUT2D eigenvalue weighted by molar-refractivity contribution is 5.76. The third-order valence-corrected chi connectivity index (χ3v) is 3.55. The van der Waals surface area contributed by atoms with Gasteiger partial charge in [-0.15, -0.1) is 0 Å². The van der Waals surface area contributed by atoms with Crippen LogP contribution in [0.5, 0.6) is 11.5 Å². The van der Waals surface area contributed by atoms with Crippen LogP contribution in [-0.2, 0) is 17.6 Å². The molecular formula is C15H20O5. The fourth-order valence-corrected chi connectivity index (χ4v) is 2.21. The van der Waals surface area contributed by atoms with Gasteiger partial charge in [0.05, 0.1) is 25.2 Å². The predicted molar refractivity (Wildman–Crippen MR) is 73.0 cm³/mol. The minimum absolute atomic E-state index is 0.156. The summed E-state index contributed by atoms with van der Waals surface area (Å²) in [6.07, 6.45) is 0.142. The number of hydrogen-bond acceptors (Lipinski definition) is 5. The van der Waals surface area contributed by atoms with Gasteiger partial charge in [0.25, 0.3) is 0 Å². The summed E-state index contributed by atoms with van der Waals surface area (Å²) < 4.78 is 10.6. The van der Waals surface area contributed by atoms with Crippen LogP contribution < -0.4 is 9.47 Å². The van der Waals surface area contributed by atoms with Crippen LogP contribution in [0, 0.1) is 0 Å². The third kappa shape index (κ3) is 2.94. The summed E-state index contributed by atoms with van der Waals surface area (Å²) in [7, 11) is 1.52. The van der Waals surface area contributed by atoms with Gasteiger partial charge in [0.1, 0.15) is 11.5 Å². The first-order chi connectivity index (χ1) is 9.32. The van der Waals surface area contributed by atoms with E-state index in [1.54, 1.807) is 6.07 Å². The van der Waals surface area contributed by atoms with Gasteiger partial charge in [0.2, 0.25) is 0 Å². The van der Waals surface area contributed by atoms with Crippen molar-refractivity contribution >= 4 is 5.97 Å². The fraction of sp³-hybridized carbons (Fsp3) is 0.533. The van der Waals surface area contributed by atoms with Crippen LogP contribution in [0.2, 0.25) is 0 Å². The third-order valence-electron chi connectivity index (χ3n) is 3.55. The molecule has 0 radical (unpaired) electrons. The second-order valence-electron chi connectivity index (χ2n) is 5.58. The molecule has 1 heterocycles. The minimum atomic E-state index is -1.24. The highest BCUT2D eigenvalue weighted by atomic mass is 16.5. The van der Waals surface area contributed by atoms with Crippen LogP contribution in [0.15, 0.2) is 12.1 Å². The second kappa shape index (κ2) is 5.42. The van der Waals surface area contributed by atoms with E-state index < -0.39 is 11.7 Å². The van der Waals surface area contributed by atoms with E-state index in [4.69, 9.17) is 9.47 Å². The summed E-state index contributed by atoms with van der Waals surface area (Å²) in [5, 5.41) is 19.9. The Balaban J connectivity index is 2.41. The number of hydrogen-bond donors (Lipinski definition) is 2. The van der Waals surface area contributed by atoms with Crippen molar-refractivity contribution in [3.05, 3.63) is 23.3 Å². The van der Waals surface area contributed by atoms with E-state index in [1.165, 1.54) is 21.0 Å². The maximum atomic E-state index is 11.5. The van der Waals surface area contributed by atoms with Crippen molar-refractivity contribution in [1.82, 2.24) is 0 Å². The molecular weight excluding hydrogens is 260 g/mol. The lowest BCUT2D eigenvalue weighted by atomic mass is 9.92. The van der Waals surface area contributed by atoms with Gasteiger partial charge in [-0.25, -0.2) is 0 Å². The number of aliphatic hydroxyl groups excluding tert-OH is 1. The molecule has 5 heteroatoms. The quantitative estimate of drug-likeness (QED) is 0.640. The molecule has 0 saturated carbocycles. The monoisotopic (exact) mass is 280 g/mol. The van der Waals surface area contributed by atoms with Gasteiger partial charge in [0.15, 0.2) is 0 Å². The summed E-state index contributed by atoms with van der Waals surface area (Å²) in [5.41, 5.74) is 0.294. The normalized spacial score (nSPS) is 16.4. The Morgan fingerprint density at radius 2 is 2.10 bits per heavy atom. The molecule has 1 atom stereocenters. The van der Waals surface area contributed by atoms with E-state index in [2.05, 4.69) is 0 Å². The van der Waals surface area contributed by atoms with Gasteiger partial charge < -0.3 is 19.7 Å². The fourth-order valence-electron chi connectivity index (χ4n) is 2.21. The van der Waals surface area contributed by atoms with Crippen molar-refractivity contribution in [2.45, 2.75) is 44.8 Å². The number of esters is 1. The molecule has 0 aromatic heterocycles. The Morgan fingerprint density at radius 1 is 1.40 bits per heavy atom. The highest BCUT2D eigenvalue weighted by Gasteiger charge is 2.30. The lowest BCUT2D eigenvalue weighted by Crippen LogP contribution is -2.37. The molecule has 20 heavy (non-hydrogen) atoms. The number of benzene rings is 1. The molecule has 0 amide bonds. The summed E-state index contributed by atoms with van der Waals surface area (Å²) in [4.78, 5) is 11.5. The molecule has 1 aliphatic rings. The molecule has 0 saturated heterocycles. The molecule has 2 N–H and O–H groups in total. The molecule has 1 aliphatic heterocycles. The number of aryl methyl sites for hydroxylation is 1. The molecule has 1 aromatic rings. The Bertz CT molecular complexity index is 516. The van der Waals surface area contributed by atoms with Crippen molar-refractivity contribution in [1.29, 1.82) is 0 Å². The van der Waals surface area contributed by atoms with E-state index in [-0.39, 0.29) is 12.4 Å². The van der Waals surface area contributed by atoms with Crippen LogP contribution in [0.1, 0.15) is 31.4 Å². The molecule has 1 aromatic carbocycles. The van der Waals surface area contributed by atoms with Crippen LogP contribution in [-0.4, -0.2) is 35.0 Å². The summed E-state index contributed by atoms with van der Waals surface area (Å²) >= 11 is 0. The molecule has 110 valence electrons. The number of carbonyl (C=O) groups excluding carboxylic acids is 1. The first-order valence-electron chi connectivity index (χ1n) is 6.62. The molecule has 0 unspecified atom stereocenters. The maximum absolute atomic E-state index is 11.5. The van der Waals surface area contributed by atoms with Crippen molar-refractivity contribution in [2.24, 2.45) is 0 Å². The number of ether oxygens (including phenoxy) is 2. The van der Waals surface area contributed by atoms with Crippen molar-refractivity contribution < 1.29 is 24.5 Å². The predicted octanol–water partition coefficient (Wildman–Crippen LogP) is 1.22. The van der Waals surface area contributed by atoms with Crippen LogP contribution in [0.3, 0.4) is 0 Å². The van der Waals surface area contributed by atoms with E-state index in [0.29, 0.717) is 29.9 Å². The summed E-state index contributed by atoms with van der Waals surface area (Å²) in [6.45, 7) is 3.07. The first-order valence-corrected chi connectivity index (χ1v) is 6.62. The van der Waals surface area contributed by atoms with Gasteiger partial charge in [-0.3, -0.25) is 4.79 Å². The minimum Gasteiger partial charge on any atom is -0.496 e. The lowest BCUT2D eigenvalue weighted by molar-refractivity contribution is -0.135. The number of fused-ring (bicyclic) bond motifs is 1. The van der Waals surface area contributed by atoms with Crippen LogP contribution in [0.4, 0.5) is 0 Å². The largest absolute Gasteiger partial charge is 0.496 e.